The van der Waals surface area contributed by atoms with Crippen LogP contribution in [-0.4, -0.2) is 29.9 Å². The van der Waals surface area contributed by atoms with Crippen molar-refractivity contribution >= 4 is 11.8 Å². The molecule has 0 spiro atoms. The predicted octanol–water partition coefficient (Wildman–Crippen LogP) is 3.45. The largest absolute Gasteiger partial charge is 0.497 e. The molecule has 5 nitrogen and oxygen atoms in total. The van der Waals surface area contributed by atoms with Crippen LogP contribution in [0.15, 0.2) is 54.6 Å². The lowest BCUT2D eigenvalue weighted by molar-refractivity contribution is -0.133. The van der Waals surface area contributed by atoms with Crippen molar-refractivity contribution < 1.29 is 14.3 Å². The number of methoxy groups -OCH3 is 1. The van der Waals surface area contributed by atoms with Crippen LogP contribution >= 0.6 is 0 Å². The van der Waals surface area contributed by atoms with Crippen LogP contribution in [0.4, 0.5) is 0 Å². The van der Waals surface area contributed by atoms with E-state index in [0.29, 0.717) is 12.6 Å². The molecule has 5 heteroatoms. The fourth-order valence-corrected chi connectivity index (χ4v) is 3.21. The van der Waals surface area contributed by atoms with Gasteiger partial charge in [0, 0.05) is 19.5 Å². The van der Waals surface area contributed by atoms with Crippen molar-refractivity contribution in [2.24, 2.45) is 0 Å². The van der Waals surface area contributed by atoms with Crippen LogP contribution in [0, 0.1) is 0 Å². The van der Waals surface area contributed by atoms with Gasteiger partial charge in [0.1, 0.15) is 5.75 Å². The summed E-state index contributed by atoms with van der Waals surface area (Å²) in [4.78, 5) is 26.6. The van der Waals surface area contributed by atoms with Crippen molar-refractivity contribution in [1.29, 1.82) is 0 Å². The highest BCUT2D eigenvalue weighted by Crippen LogP contribution is 2.30. The molecule has 1 saturated carbocycles. The van der Waals surface area contributed by atoms with Crippen molar-refractivity contribution in [2.45, 2.75) is 44.8 Å². The molecule has 0 aliphatic heterocycles. The molecule has 0 saturated heterocycles. The summed E-state index contributed by atoms with van der Waals surface area (Å²) in [6.07, 6.45) is 2.34. The van der Waals surface area contributed by atoms with Crippen LogP contribution in [0.3, 0.4) is 0 Å². The molecule has 27 heavy (non-hydrogen) atoms. The first-order chi connectivity index (χ1) is 13.1. The van der Waals surface area contributed by atoms with Gasteiger partial charge in [-0.2, -0.15) is 0 Å². The van der Waals surface area contributed by atoms with Crippen molar-refractivity contribution in [3.63, 3.8) is 0 Å². The van der Waals surface area contributed by atoms with Gasteiger partial charge in [-0.3, -0.25) is 9.59 Å². The monoisotopic (exact) mass is 366 g/mol. The fourth-order valence-electron chi connectivity index (χ4n) is 3.21. The number of rotatable bonds is 8. The van der Waals surface area contributed by atoms with Crippen molar-refractivity contribution in [3.05, 3.63) is 65.7 Å². The zero-order chi connectivity index (χ0) is 19.2. The van der Waals surface area contributed by atoms with Gasteiger partial charge in [-0.15, -0.1) is 0 Å². The van der Waals surface area contributed by atoms with E-state index in [0.717, 1.165) is 29.7 Å². The van der Waals surface area contributed by atoms with Crippen LogP contribution in [0.5, 0.6) is 5.75 Å². The van der Waals surface area contributed by atoms with E-state index < -0.39 is 0 Å². The number of amides is 2. The Morgan fingerprint density at radius 1 is 1.11 bits per heavy atom. The van der Waals surface area contributed by atoms with Gasteiger partial charge >= 0.3 is 0 Å². The lowest BCUT2D eigenvalue weighted by atomic mass is 10.0. The molecule has 0 bridgehead atoms. The van der Waals surface area contributed by atoms with Gasteiger partial charge in [0.2, 0.25) is 11.8 Å². The smallest absolute Gasteiger partial charge is 0.225 e. The minimum Gasteiger partial charge on any atom is -0.497 e. The topological polar surface area (TPSA) is 58.6 Å². The van der Waals surface area contributed by atoms with Gasteiger partial charge in [0.05, 0.1) is 19.6 Å². The summed E-state index contributed by atoms with van der Waals surface area (Å²) in [5.74, 6) is 0.735. The first-order valence-corrected chi connectivity index (χ1v) is 9.31. The Bertz CT molecular complexity index is 770. The normalized spacial score (nSPS) is 14.3. The van der Waals surface area contributed by atoms with Gasteiger partial charge < -0.3 is 15.0 Å². The molecule has 1 fully saturated rings. The lowest BCUT2D eigenvalue weighted by Gasteiger charge is -2.26. The highest BCUT2D eigenvalue weighted by molar-refractivity contribution is 5.79. The van der Waals surface area contributed by atoms with E-state index in [4.69, 9.17) is 4.74 Å². The summed E-state index contributed by atoms with van der Waals surface area (Å²) in [5.41, 5.74) is 2.02. The standard InChI is InChI=1S/C22H26N2O3/c1-16(25)23-21(18-6-4-3-5-7-18)14-22(26)24(19-10-11-19)15-17-8-12-20(27-2)13-9-17/h3-9,12-13,19,21H,10-11,14-15H2,1-2H3,(H,23,25). The number of nitrogens with one attached hydrogen (secondary N) is 1. The van der Waals surface area contributed by atoms with E-state index in [1.54, 1.807) is 7.11 Å². The maximum atomic E-state index is 13.1. The number of benzene rings is 2. The average molecular weight is 366 g/mol. The third-order valence-electron chi connectivity index (χ3n) is 4.78. The van der Waals surface area contributed by atoms with Crippen LogP contribution in [0.2, 0.25) is 0 Å². The highest BCUT2D eigenvalue weighted by atomic mass is 16.5. The number of hydrogen-bond donors (Lipinski definition) is 1. The molecule has 2 aromatic rings. The molecule has 142 valence electrons. The summed E-state index contributed by atoms with van der Waals surface area (Å²) >= 11 is 0. The summed E-state index contributed by atoms with van der Waals surface area (Å²) in [6.45, 7) is 2.06. The van der Waals surface area contributed by atoms with Crippen molar-refractivity contribution in [1.82, 2.24) is 10.2 Å². The van der Waals surface area contributed by atoms with Gasteiger partial charge in [-0.25, -0.2) is 0 Å². The van der Waals surface area contributed by atoms with Crippen LogP contribution in [0.25, 0.3) is 0 Å². The van der Waals surface area contributed by atoms with E-state index >= 15 is 0 Å². The summed E-state index contributed by atoms with van der Waals surface area (Å²) in [5, 5.41) is 2.92. The number of carbonyl (C=O) groups excluding carboxylic acids is 2. The van der Waals surface area contributed by atoms with Crippen molar-refractivity contribution in [2.75, 3.05) is 7.11 Å². The predicted molar refractivity (Wildman–Crippen MR) is 104 cm³/mol. The number of ether oxygens (including phenoxy) is 1. The highest BCUT2D eigenvalue weighted by Gasteiger charge is 2.33. The van der Waals surface area contributed by atoms with E-state index in [9.17, 15) is 9.59 Å². The Labute approximate surface area is 160 Å². The van der Waals surface area contributed by atoms with Crippen LogP contribution < -0.4 is 10.1 Å². The maximum Gasteiger partial charge on any atom is 0.225 e. The molecule has 0 aromatic heterocycles. The van der Waals surface area contributed by atoms with Gasteiger partial charge in [-0.05, 0) is 36.1 Å². The van der Waals surface area contributed by atoms with E-state index in [1.165, 1.54) is 6.92 Å². The Balaban J connectivity index is 1.72. The lowest BCUT2D eigenvalue weighted by Crippen LogP contribution is -2.36. The zero-order valence-electron chi connectivity index (χ0n) is 15.9. The minimum absolute atomic E-state index is 0.0657. The molecule has 1 N–H and O–H groups in total. The molecule has 1 unspecified atom stereocenters. The van der Waals surface area contributed by atoms with Crippen LogP contribution in [0.1, 0.15) is 43.4 Å². The molecule has 1 aliphatic carbocycles. The average Bonchev–Trinajstić information content (AvgIpc) is 3.51. The molecule has 2 amide bonds. The quantitative estimate of drug-likeness (QED) is 0.778. The Morgan fingerprint density at radius 3 is 2.33 bits per heavy atom. The SMILES string of the molecule is COc1ccc(CN(C(=O)CC(NC(C)=O)c2ccccc2)C2CC2)cc1. The summed E-state index contributed by atoms with van der Waals surface area (Å²) in [6, 6.07) is 17.4. The Kier molecular flexibility index (Phi) is 6.12. The Morgan fingerprint density at radius 2 is 1.78 bits per heavy atom. The molecule has 0 heterocycles. The zero-order valence-corrected chi connectivity index (χ0v) is 15.9. The third-order valence-corrected chi connectivity index (χ3v) is 4.78. The van der Waals surface area contributed by atoms with Gasteiger partial charge in [0.25, 0.3) is 0 Å². The van der Waals surface area contributed by atoms with E-state index in [-0.39, 0.29) is 24.3 Å². The minimum atomic E-state index is -0.312. The molecular formula is C22H26N2O3. The molecule has 1 atom stereocenters. The van der Waals surface area contributed by atoms with E-state index in [2.05, 4.69) is 5.32 Å². The van der Waals surface area contributed by atoms with Gasteiger partial charge in [-0.1, -0.05) is 42.5 Å². The maximum absolute atomic E-state index is 13.1. The van der Waals surface area contributed by atoms with Crippen LogP contribution in [-0.2, 0) is 16.1 Å². The second-order valence-corrected chi connectivity index (χ2v) is 6.97. The second-order valence-electron chi connectivity index (χ2n) is 6.97. The molecule has 1 aliphatic rings. The number of nitrogens with zero attached hydrogens (tertiary/aromatic N) is 1. The fraction of sp³-hybridized carbons (Fsp3) is 0.364. The molecular weight excluding hydrogens is 340 g/mol. The first-order valence-electron chi connectivity index (χ1n) is 9.31. The first kappa shape index (κ1) is 19.0. The molecule has 2 aromatic carbocycles. The molecule has 0 radical (unpaired) electrons. The third kappa shape index (κ3) is 5.33. The van der Waals surface area contributed by atoms with Gasteiger partial charge in [0.15, 0.2) is 0 Å². The summed E-state index contributed by atoms with van der Waals surface area (Å²) in [7, 11) is 1.64. The second kappa shape index (κ2) is 8.71. The Hall–Kier alpha value is -2.82. The summed E-state index contributed by atoms with van der Waals surface area (Å²) < 4.78 is 5.20. The van der Waals surface area contributed by atoms with Crippen molar-refractivity contribution in [3.8, 4) is 5.75 Å². The number of carbonyl (C=O) groups is 2. The van der Waals surface area contributed by atoms with E-state index in [1.807, 2.05) is 59.5 Å². The molecule has 3 rings (SSSR count). The number of hydrogen-bond acceptors (Lipinski definition) is 3.